The van der Waals surface area contributed by atoms with Gasteiger partial charge in [-0.15, -0.1) is 0 Å². The molecule has 0 saturated carbocycles. The Bertz CT molecular complexity index is 402. The number of halogens is 1. The fourth-order valence-corrected chi connectivity index (χ4v) is 1.46. The molecular formula is C12H14ClNO2. The van der Waals surface area contributed by atoms with Crippen LogP contribution in [0.1, 0.15) is 18.1 Å². The highest BCUT2D eigenvalue weighted by atomic mass is 35.5. The molecule has 0 spiro atoms. The molecule has 0 bridgehead atoms. The van der Waals surface area contributed by atoms with Crippen LogP contribution in [0.3, 0.4) is 0 Å². The molecule has 0 radical (unpaired) electrons. The molecule has 3 nitrogen and oxygen atoms in total. The van der Waals surface area contributed by atoms with Gasteiger partial charge >= 0.3 is 0 Å². The molecule has 0 unspecified atom stereocenters. The number of rotatable bonds is 4. The first-order chi connectivity index (χ1) is 7.63. The lowest BCUT2D eigenvalue weighted by atomic mass is 10.1. The van der Waals surface area contributed by atoms with Gasteiger partial charge in [0.15, 0.2) is 0 Å². The zero-order valence-corrected chi connectivity index (χ0v) is 9.79. The molecule has 0 aliphatic carbocycles. The lowest BCUT2D eigenvalue weighted by Gasteiger charge is -2.03. The van der Waals surface area contributed by atoms with E-state index in [1.54, 1.807) is 12.1 Å². The van der Waals surface area contributed by atoms with E-state index >= 15 is 0 Å². The Labute approximate surface area is 99.7 Å². The van der Waals surface area contributed by atoms with Crippen LogP contribution in [0.4, 0.5) is 0 Å². The van der Waals surface area contributed by atoms with Crippen LogP contribution in [0.5, 0.6) is 0 Å². The summed E-state index contributed by atoms with van der Waals surface area (Å²) in [5.74, 6) is -0.0665. The van der Waals surface area contributed by atoms with E-state index < -0.39 is 0 Å². The van der Waals surface area contributed by atoms with Gasteiger partial charge in [0.25, 0.3) is 0 Å². The first-order valence-electron chi connectivity index (χ1n) is 4.93. The molecule has 1 amide bonds. The number of carbonyl (C=O) groups excluding carboxylic acids is 1. The van der Waals surface area contributed by atoms with Crippen molar-refractivity contribution in [1.29, 1.82) is 0 Å². The third-order valence-electron chi connectivity index (χ3n) is 2.04. The molecule has 86 valence electrons. The number of nitrogens with one attached hydrogen (secondary N) is 1. The number of hydrogen-bond acceptors (Lipinski definition) is 2. The summed E-state index contributed by atoms with van der Waals surface area (Å²) in [6, 6.07) is 5.32. The minimum atomic E-state index is -0.0665. The Hall–Kier alpha value is -1.32. The van der Waals surface area contributed by atoms with Gasteiger partial charge in [-0.05, 0) is 23.3 Å². The van der Waals surface area contributed by atoms with E-state index in [4.69, 9.17) is 16.7 Å². The van der Waals surface area contributed by atoms with E-state index in [9.17, 15) is 4.79 Å². The molecule has 0 fully saturated rings. The van der Waals surface area contributed by atoms with Crippen LogP contribution in [0.2, 0.25) is 5.02 Å². The molecule has 4 heteroatoms. The lowest BCUT2D eigenvalue weighted by Crippen LogP contribution is -2.19. The fraction of sp³-hybridized carbons (Fsp3) is 0.250. The number of amides is 1. The van der Waals surface area contributed by atoms with Gasteiger partial charge in [-0.25, -0.2) is 0 Å². The normalized spacial score (nSPS) is 10.7. The summed E-state index contributed by atoms with van der Waals surface area (Å²) in [6.45, 7) is 1.89. The van der Waals surface area contributed by atoms with Crippen molar-refractivity contribution in [2.24, 2.45) is 0 Å². The summed E-state index contributed by atoms with van der Waals surface area (Å²) in [5.41, 5.74) is 1.67. The molecule has 0 saturated heterocycles. The summed E-state index contributed by atoms with van der Waals surface area (Å²) >= 11 is 5.81. The Kier molecular flexibility index (Phi) is 5.02. The third-order valence-corrected chi connectivity index (χ3v) is 2.28. The molecule has 0 heterocycles. The second-order valence-electron chi connectivity index (χ2n) is 3.34. The minimum absolute atomic E-state index is 0.0552. The van der Waals surface area contributed by atoms with Crippen molar-refractivity contribution in [3.05, 3.63) is 40.4 Å². The zero-order chi connectivity index (χ0) is 12.0. The quantitative estimate of drug-likeness (QED) is 0.844. The van der Waals surface area contributed by atoms with Gasteiger partial charge < -0.3 is 10.4 Å². The van der Waals surface area contributed by atoms with Crippen molar-refractivity contribution in [3.8, 4) is 0 Å². The third kappa shape index (κ3) is 4.04. The summed E-state index contributed by atoms with van der Waals surface area (Å²) in [5, 5.41) is 12.4. The largest absolute Gasteiger partial charge is 0.392 e. The molecule has 16 heavy (non-hydrogen) atoms. The van der Waals surface area contributed by atoms with Gasteiger partial charge in [0.2, 0.25) is 5.91 Å². The van der Waals surface area contributed by atoms with Gasteiger partial charge in [0.1, 0.15) is 0 Å². The van der Waals surface area contributed by atoms with E-state index in [1.807, 2.05) is 18.2 Å². The maximum Gasteiger partial charge on any atom is 0.217 e. The molecule has 1 rings (SSSR count). The summed E-state index contributed by atoms with van der Waals surface area (Å²) in [4.78, 5) is 10.6. The average molecular weight is 240 g/mol. The number of hydrogen-bond donors (Lipinski definition) is 2. The zero-order valence-electron chi connectivity index (χ0n) is 9.03. The maximum atomic E-state index is 10.6. The van der Waals surface area contributed by atoms with Crippen molar-refractivity contribution < 1.29 is 9.90 Å². The highest BCUT2D eigenvalue weighted by Crippen LogP contribution is 2.17. The molecular weight excluding hydrogens is 226 g/mol. The van der Waals surface area contributed by atoms with E-state index in [0.717, 1.165) is 11.1 Å². The lowest BCUT2D eigenvalue weighted by molar-refractivity contribution is -0.118. The van der Waals surface area contributed by atoms with Gasteiger partial charge in [0, 0.05) is 18.5 Å². The Morgan fingerprint density at radius 1 is 1.56 bits per heavy atom. The number of benzene rings is 1. The monoisotopic (exact) mass is 239 g/mol. The Balaban J connectivity index is 2.69. The Morgan fingerprint density at radius 2 is 2.31 bits per heavy atom. The van der Waals surface area contributed by atoms with Gasteiger partial charge in [-0.3, -0.25) is 4.79 Å². The summed E-state index contributed by atoms with van der Waals surface area (Å²) in [7, 11) is 0. The van der Waals surface area contributed by atoms with Crippen molar-refractivity contribution in [1.82, 2.24) is 5.32 Å². The van der Waals surface area contributed by atoms with Crippen LogP contribution in [-0.4, -0.2) is 17.6 Å². The van der Waals surface area contributed by atoms with Gasteiger partial charge in [-0.2, -0.15) is 0 Å². The van der Waals surface area contributed by atoms with Crippen molar-refractivity contribution in [3.63, 3.8) is 0 Å². The number of aliphatic hydroxyl groups excluding tert-OH is 1. The topological polar surface area (TPSA) is 49.3 Å². The second-order valence-corrected chi connectivity index (χ2v) is 3.78. The van der Waals surface area contributed by atoms with Gasteiger partial charge in [-0.1, -0.05) is 29.8 Å². The van der Waals surface area contributed by atoms with Crippen LogP contribution in [-0.2, 0) is 11.4 Å². The fourth-order valence-electron chi connectivity index (χ4n) is 1.26. The minimum Gasteiger partial charge on any atom is -0.392 e. The second kappa shape index (κ2) is 6.30. The molecule has 0 atom stereocenters. The molecule has 0 aliphatic heterocycles. The summed E-state index contributed by atoms with van der Waals surface area (Å²) < 4.78 is 0. The smallest absolute Gasteiger partial charge is 0.217 e. The first kappa shape index (κ1) is 12.7. The number of carbonyl (C=O) groups is 1. The first-order valence-corrected chi connectivity index (χ1v) is 5.31. The highest BCUT2D eigenvalue weighted by Gasteiger charge is 1.98. The summed E-state index contributed by atoms with van der Waals surface area (Å²) in [6.07, 6.45) is 3.67. The van der Waals surface area contributed by atoms with Crippen LogP contribution in [0, 0.1) is 0 Å². The predicted octanol–water partition coefficient (Wildman–Crippen LogP) is 1.98. The van der Waals surface area contributed by atoms with Crippen LogP contribution in [0.25, 0.3) is 6.08 Å². The predicted molar refractivity (Wildman–Crippen MR) is 65.1 cm³/mol. The standard InChI is InChI=1S/C12H14ClNO2/c1-9(16)14-6-2-3-10-4-5-12(13)7-11(10)8-15/h2-5,7,15H,6,8H2,1H3,(H,14,16). The van der Waals surface area contributed by atoms with E-state index in [1.165, 1.54) is 6.92 Å². The molecule has 0 aliphatic rings. The van der Waals surface area contributed by atoms with Crippen LogP contribution >= 0.6 is 11.6 Å². The van der Waals surface area contributed by atoms with E-state index in [2.05, 4.69) is 5.32 Å². The molecule has 0 aromatic heterocycles. The van der Waals surface area contributed by atoms with Crippen molar-refractivity contribution in [2.75, 3.05) is 6.54 Å². The highest BCUT2D eigenvalue weighted by molar-refractivity contribution is 6.30. The Morgan fingerprint density at radius 3 is 2.94 bits per heavy atom. The van der Waals surface area contributed by atoms with Crippen molar-refractivity contribution in [2.45, 2.75) is 13.5 Å². The van der Waals surface area contributed by atoms with Crippen molar-refractivity contribution >= 4 is 23.6 Å². The van der Waals surface area contributed by atoms with Gasteiger partial charge in [0.05, 0.1) is 6.61 Å². The van der Waals surface area contributed by atoms with Crippen LogP contribution in [0.15, 0.2) is 24.3 Å². The van der Waals surface area contributed by atoms with E-state index in [0.29, 0.717) is 11.6 Å². The SMILES string of the molecule is CC(=O)NCC=Cc1ccc(Cl)cc1CO. The molecule has 1 aromatic rings. The average Bonchev–Trinajstić information content (AvgIpc) is 2.25. The number of aliphatic hydroxyl groups is 1. The molecule has 1 aromatic carbocycles. The van der Waals surface area contributed by atoms with E-state index in [-0.39, 0.29) is 12.5 Å². The molecule has 2 N–H and O–H groups in total. The maximum absolute atomic E-state index is 10.6. The van der Waals surface area contributed by atoms with Crippen LogP contribution < -0.4 is 5.32 Å².